The average molecular weight is 274 g/mol. The van der Waals surface area contributed by atoms with E-state index >= 15 is 0 Å². The average Bonchev–Trinajstić information content (AvgIpc) is 2.91. The standard InChI is InChI=1S/C12H19N3O2.ClH/c1-15(8-10-5-6-17-14-10)12(16)7-9-3-2-4-11(9)13;/h5-6,9,11H,2-4,7-8,13H2,1H3;1H/t9-,11+;/m0./s1. The van der Waals surface area contributed by atoms with E-state index in [0.29, 0.717) is 18.9 Å². The molecule has 5 nitrogen and oxygen atoms in total. The number of nitrogens with two attached hydrogens (primary N) is 1. The molecule has 0 aliphatic heterocycles. The van der Waals surface area contributed by atoms with Crippen molar-refractivity contribution in [1.29, 1.82) is 0 Å². The van der Waals surface area contributed by atoms with Crippen LogP contribution in [0.3, 0.4) is 0 Å². The molecule has 2 rings (SSSR count). The summed E-state index contributed by atoms with van der Waals surface area (Å²) in [5.41, 5.74) is 6.74. The SMILES string of the molecule is CN(Cc1ccon1)C(=O)C[C@@H]1CCC[C@H]1N.Cl. The molecule has 1 aliphatic rings. The van der Waals surface area contributed by atoms with Crippen LogP contribution in [0.15, 0.2) is 16.9 Å². The maximum Gasteiger partial charge on any atom is 0.223 e. The summed E-state index contributed by atoms with van der Waals surface area (Å²) in [4.78, 5) is 13.7. The third-order valence-corrected chi connectivity index (χ3v) is 3.47. The number of hydrogen-bond acceptors (Lipinski definition) is 4. The molecule has 6 heteroatoms. The first-order valence-corrected chi connectivity index (χ1v) is 6.05. The van der Waals surface area contributed by atoms with Crippen molar-refractivity contribution in [3.8, 4) is 0 Å². The summed E-state index contributed by atoms with van der Waals surface area (Å²) >= 11 is 0. The van der Waals surface area contributed by atoms with Gasteiger partial charge < -0.3 is 15.2 Å². The fraction of sp³-hybridized carbons (Fsp3) is 0.667. The molecule has 102 valence electrons. The molecule has 2 atom stereocenters. The lowest BCUT2D eigenvalue weighted by Gasteiger charge is -2.20. The Morgan fingerprint density at radius 2 is 2.39 bits per heavy atom. The minimum absolute atomic E-state index is 0. The molecule has 0 unspecified atom stereocenters. The maximum atomic E-state index is 12.0. The highest BCUT2D eigenvalue weighted by atomic mass is 35.5. The van der Waals surface area contributed by atoms with E-state index in [2.05, 4.69) is 5.16 Å². The van der Waals surface area contributed by atoms with Gasteiger partial charge >= 0.3 is 0 Å². The third-order valence-electron chi connectivity index (χ3n) is 3.47. The zero-order valence-electron chi connectivity index (χ0n) is 10.5. The molecule has 0 radical (unpaired) electrons. The quantitative estimate of drug-likeness (QED) is 0.904. The minimum atomic E-state index is 0. The normalized spacial score (nSPS) is 22.6. The van der Waals surface area contributed by atoms with E-state index < -0.39 is 0 Å². The van der Waals surface area contributed by atoms with E-state index in [1.807, 2.05) is 0 Å². The van der Waals surface area contributed by atoms with Gasteiger partial charge in [-0.3, -0.25) is 4.79 Å². The van der Waals surface area contributed by atoms with Gasteiger partial charge in [0.05, 0.1) is 6.54 Å². The number of carbonyl (C=O) groups is 1. The number of carbonyl (C=O) groups excluding carboxylic acids is 1. The van der Waals surface area contributed by atoms with Crippen molar-refractivity contribution in [3.05, 3.63) is 18.0 Å². The van der Waals surface area contributed by atoms with Crippen LogP contribution in [-0.4, -0.2) is 29.1 Å². The van der Waals surface area contributed by atoms with Gasteiger partial charge in [-0.1, -0.05) is 11.6 Å². The Morgan fingerprint density at radius 3 is 2.94 bits per heavy atom. The van der Waals surface area contributed by atoms with Crippen LogP contribution in [0.5, 0.6) is 0 Å². The molecule has 0 saturated heterocycles. The topological polar surface area (TPSA) is 72.4 Å². The highest BCUT2D eigenvalue weighted by molar-refractivity contribution is 5.85. The Morgan fingerprint density at radius 1 is 1.61 bits per heavy atom. The van der Waals surface area contributed by atoms with Crippen LogP contribution >= 0.6 is 12.4 Å². The van der Waals surface area contributed by atoms with Crippen molar-refractivity contribution in [1.82, 2.24) is 10.1 Å². The van der Waals surface area contributed by atoms with Crippen LogP contribution < -0.4 is 5.73 Å². The molecule has 2 N–H and O–H groups in total. The summed E-state index contributed by atoms with van der Waals surface area (Å²) in [7, 11) is 1.79. The Kier molecular flexibility index (Phi) is 5.62. The largest absolute Gasteiger partial charge is 0.364 e. The molecule has 18 heavy (non-hydrogen) atoms. The second-order valence-electron chi connectivity index (χ2n) is 4.80. The van der Waals surface area contributed by atoms with Crippen molar-refractivity contribution in [2.75, 3.05) is 7.05 Å². The first-order valence-electron chi connectivity index (χ1n) is 6.05. The molecule has 0 spiro atoms. The Labute approximate surface area is 113 Å². The summed E-state index contributed by atoms with van der Waals surface area (Å²) in [6, 6.07) is 1.96. The fourth-order valence-electron chi connectivity index (χ4n) is 2.35. The highest BCUT2D eigenvalue weighted by Gasteiger charge is 2.27. The van der Waals surface area contributed by atoms with Crippen molar-refractivity contribution in [2.45, 2.75) is 38.3 Å². The molecule has 0 bridgehead atoms. The van der Waals surface area contributed by atoms with Crippen LogP contribution in [0.1, 0.15) is 31.4 Å². The molecule has 1 aliphatic carbocycles. The Balaban J connectivity index is 0.00000162. The smallest absolute Gasteiger partial charge is 0.223 e. The first-order chi connectivity index (χ1) is 8.16. The summed E-state index contributed by atoms with van der Waals surface area (Å²) < 4.78 is 4.74. The number of aromatic nitrogens is 1. The molecule has 1 aromatic heterocycles. The number of nitrogens with zero attached hydrogens (tertiary/aromatic N) is 2. The lowest BCUT2D eigenvalue weighted by atomic mass is 9.99. The number of hydrogen-bond donors (Lipinski definition) is 1. The van der Waals surface area contributed by atoms with Gasteiger partial charge in [-0.05, 0) is 18.8 Å². The third kappa shape index (κ3) is 3.71. The number of rotatable bonds is 4. The van der Waals surface area contributed by atoms with Gasteiger partial charge in [-0.15, -0.1) is 12.4 Å². The molecule has 1 saturated carbocycles. The lowest BCUT2D eigenvalue weighted by molar-refractivity contribution is -0.131. The molecular weight excluding hydrogens is 254 g/mol. The lowest BCUT2D eigenvalue weighted by Crippen LogP contribution is -2.32. The Bertz CT molecular complexity index is 369. The first kappa shape index (κ1) is 15.0. The van der Waals surface area contributed by atoms with Crippen LogP contribution in [0, 0.1) is 5.92 Å². The highest BCUT2D eigenvalue weighted by Crippen LogP contribution is 2.27. The van der Waals surface area contributed by atoms with Crippen LogP contribution in [0.4, 0.5) is 0 Å². The predicted octanol–water partition coefficient (Wildman–Crippen LogP) is 1.57. The number of amides is 1. The number of halogens is 1. The molecule has 1 heterocycles. The van der Waals surface area contributed by atoms with Crippen molar-refractivity contribution < 1.29 is 9.32 Å². The second-order valence-corrected chi connectivity index (χ2v) is 4.80. The zero-order valence-corrected chi connectivity index (χ0v) is 11.4. The summed E-state index contributed by atoms with van der Waals surface area (Å²) in [5.74, 6) is 0.484. The zero-order chi connectivity index (χ0) is 12.3. The molecule has 1 amide bonds. The van der Waals surface area contributed by atoms with E-state index in [4.69, 9.17) is 10.3 Å². The minimum Gasteiger partial charge on any atom is -0.364 e. The van der Waals surface area contributed by atoms with Gasteiger partial charge in [0, 0.05) is 25.6 Å². The summed E-state index contributed by atoms with van der Waals surface area (Å²) in [6.45, 7) is 0.497. The molecule has 1 aromatic rings. The summed E-state index contributed by atoms with van der Waals surface area (Å²) in [6.07, 6.45) is 5.33. The summed E-state index contributed by atoms with van der Waals surface area (Å²) in [5, 5.41) is 3.79. The monoisotopic (exact) mass is 273 g/mol. The van der Waals surface area contributed by atoms with Crippen molar-refractivity contribution >= 4 is 18.3 Å². The molecule has 0 aromatic carbocycles. The van der Waals surface area contributed by atoms with E-state index in [1.54, 1.807) is 18.0 Å². The van der Waals surface area contributed by atoms with Gasteiger partial charge in [0.2, 0.25) is 5.91 Å². The van der Waals surface area contributed by atoms with E-state index in [1.165, 1.54) is 6.26 Å². The van der Waals surface area contributed by atoms with Gasteiger partial charge in [0.25, 0.3) is 0 Å². The fourth-order valence-corrected chi connectivity index (χ4v) is 2.35. The van der Waals surface area contributed by atoms with Crippen LogP contribution in [0.2, 0.25) is 0 Å². The van der Waals surface area contributed by atoms with E-state index in [-0.39, 0.29) is 24.4 Å². The Hall–Kier alpha value is -1.07. The molecular formula is C12H20ClN3O2. The van der Waals surface area contributed by atoms with Gasteiger partial charge in [-0.2, -0.15) is 0 Å². The van der Waals surface area contributed by atoms with Crippen LogP contribution in [0.25, 0.3) is 0 Å². The molecule has 1 fully saturated rings. The van der Waals surface area contributed by atoms with Crippen molar-refractivity contribution in [2.24, 2.45) is 11.7 Å². The maximum absolute atomic E-state index is 12.0. The van der Waals surface area contributed by atoms with Gasteiger partial charge in [0.1, 0.15) is 12.0 Å². The van der Waals surface area contributed by atoms with Crippen molar-refractivity contribution in [3.63, 3.8) is 0 Å². The van der Waals surface area contributed by atoms with E-state index in [9.17, 15) is 4.79 Å². The van der Waals surface area contributed by atoms with E-state index in [0.717, 1.165) is 25.0 Å². The van der Waals surface area contributed by atoms with Gasteiger partial charge in [0.15, 0.2) is 0 Å². The van der Waals surface area contributed by atoms with Crippen LogP contribution in [-0.2, 0) is 11.3 Å². The predicted molar refractivity (Wildman–Crippen MR) is 70.2 cm³/mol. The second kappa shape index (κ2) is 6.75. The van der Waals surface area contributed by atoms with Gasteiger partial charge in [-0.25, -0.2) is 0 Å².